The van der Waals surface area contributed by atoms with Gasteiger partial charge in [-0.15, -0.1) is 0 Å². The molecule has 0 aliphatic heterocycles. The first-order valence-corrected chi connectivity index (χ1v) is 3.72. The minimum atomic E-state index is 0.929. The minimum absolute atomic E-state index is 0.929. The highest BCUT2D eigenvalue weighted by Gasteiger charge is 2.28. The number of rotatable bonds is 1. The van der Waals surface area contributed by atoms with Crippen LogP contribution in [0.1, 0.15) is 33.6 Å². The molecule has 1 aliphatic rings. The summed E-state index contributed by atoms with van der Waals surface area (Å²) in [7, 11) is 0. The molecule has 0 saturated heterocycles. The van der Waals surface area contributed by atoms with Crippen molar-refractivity contribution in [3.8, 4) is 0 Å². The maximum absolute atomic E-state index is 2.37. The Bertz CT molecular complexity index is 69.4. The van der Waals surface area contributed by atoms with Crippen LogP contribution in [0.25, 0.3) is 0 Å². The molecule has 0 radical (unpaired) electrons. The molecular weight excluding hydrogens is 96.1 g/mol. The Morgan fingerprint density at radius 2 is 1.88 bits per heavy atom. The van der Waals surface area contributed by atoms with Crippen LogP contribution in [0.4, 0.5) is 0 Å². The number of hydrogen-bond donors (Lipinski definition) is 0. The first-order valence-electron chi connectivity index (χ1n) is 3.72. The van der Waals surface area contributed by atoms with Gasteiger partial charge in [0.1, 0.15) is 0 Å². The zero-order valence-corrected chi connectivity index (χ0v) is 6.15. The Morgan fingerprint density at radius 3 is 1.88 bits per heavy atom. The number of hydrogen-bond acceptors (Lipinski definition) is 0. The predicted octanol–water partition coefficient (Wildman–Crippen LogP) is 2.69. The average molecular weight is 112 g/mol. The molecule has 0 heterocycles. The molecule has 1 aliphatic carbocycles. The largest absolute Gasteiger partial charge is 0.0625 e. The fraction of sp³-hybridized carbons (Fsp3) is 1.00. The van der Waals surface area contributed by atoms with Gasteiger partial charge in [-0.2, -0.15) is 0 Å². The third-order valence-electron chi connectivity index (χ3n) is 2.54. The molecule has 0 amide bonds. The summed E-state index contributed by atoms with van der Waals surface area (Å²) >= 11 is 0. The van der Waals surface area contributed by atoms with Crippen LogP contribution in [0.2, 0.25) is 0 Å². The van der Waals surface area contributed by atoms with E-state index in [9.17, 15) is 0 Å². The molecule has 0 spiro atoms. The maximum atomic E-state index is 2.37. The second-order valence-corrected chi connectivity index (χ2v) is 3.46. The third kappa shape index (κ3) is 0.888. The predicted molar refractivity (Wildman–Crippen MR) is 36.7 cm³/mol. The molecule has 48 valence electrons. The smallest absolute Gasteiger partial charge is 0.0365 e. The Labute approximate surface area is 52.3 Å². The molecule has 0 aromatic heterocycles. The summed E-state index contributed by atoms with van der Waals surface area (Å²) in [6, 6.07) is 0. The molecule has 0 aromatic rings. The van der Waals surface area contributed by atoms with Crippen molar-refractivity contribution < 1.29 is 0 Å². The Hall–Kier alpha value is 0. The van der Waals surface area contributed by atoms with E-state index in [1.807, 2.05) is 0 Å². The van der Waals surface area contributed by atoms with Crippen LogP contribution >= 0.6 is 0 Å². The molecule has 0 bridgehead atoms. The summed E-state index contributed by atoms with van der Waals surface area (Å²) in [4.78, 5) is 0. The van der Waals surface area contributed by atoms with E-state index in [0.717, 1.165) is 17.8 Å². The molecule has 0 aromatic carbocycles. The van der Waals surface area contributed by atoms with Crippen molar-refractivity contribution in [2.24, 2.45) is 17.8 Å². The summed E-state index contributed by atoms with van der Waals surface area (Å²) < 4.78 is 0. The molecule has 8 heavy (non-hydrogen) atoms. The van der Waals surface area contributed by atoms with Crippen LogP contribution in [-0.4, -0.2) is 0 Å². The normalized spacial score (nSPS) is 37.5. The lowest BCUT2D eigenvalue weighted by molar-refractivity contribution is 0.139. The van der Waals surface area contributed by atoms with E-state index in [0.29, 0.717) is 0 Å². The lowest BCUT2D eigenvalue weighted by Gasteiger charge is -2.36. The third-order valence-corrected chi connectivity index (χ3v) is 2.54. The molecule has 2 atom stereocenters. The average Bonchev–Trinajstić information content (AvgIpc) is 1.61. The van der Waals surface area contributed by atoms with Crippen LogP contribution < -0.4 is 0 Å². The summed E-state index contributed by atoms with van der Waals surface area (Å²) in [6.07, 6.45) is 2.96. The van der Waals surface area contributed by atoms with Crippen molar-refractivity contribution in [1.82, 2.24) is 0 Å². The standard InChI is InChI=1S/C8H16/c1-6(2)8-5-4-7(8)3/h6-8H,4-5H2,1-3H3/t7-,8?/m1/s1. The van der Waals surface area contributed by atoms with E-state index in [4.69, 9.17) is 0 Å². The van der Waals surface area contributed by atoms with Gasteiger partial charge in [0.05, 0.1) is 0 Å². The van der Waals surface area contributed by atoms with E-state index in [2.05, 4.69) is 20.8 Å². The van der Waals surface area contributed by atoms with Crippen LogP contribution in [0.15, 0.2) is 0 Å². The summed E-state index contributed by atoms with van der Waals surface area (Å²) in [6.45, 7) is 7.04. The molecule has 1 saturated carbocycles. The first-order chi connectivity index (χ1) is 3.72. The Kier molecular flexibility index (Phi) is 1.59. The van der Waals surface area contributed by atoms with E-state index >= 15 is 0 Å². The first kappa shape index (κ1) is 6.12. The van der Waals surface area contributed by atoms with Gasteiger partial charge in [-0.05, 0) is 24.2 Å². The fourth-order valence-electron chi connectivity index (χ4n) is 1.68. The second-order valence-electron chi connectivity index (χ2n) is 3.46. The van der Waals surface area contributed by atoms with Gasteiger partial charge in [-0.25, -0.2) is 0 Å². The van der Waals surface area contributed by atoms with Gasteiger partial charge in [0, 0.05) is 0 Å². The molecule has 0 nitrogen and oxygen atoms in total. The zero-order valence-electron chi connectivity index (χ0n) is 6.15. The van der Waals surface area contributed by atoms with Crippen LogP contribution in [0.5, 0.6) is 0 Å². The molecule has 1 fully saturated rings. The van der Waals surface area contributed by atoms with Crippen molar-refractivity contribution in [2.45, 2.75) is 33.6 Å². The minimum Gasteiger partial charge on any atom is -0.0625 e. The van der Waals surface area contributed by atoms with Gasteiger partial charge in [0.25, 0.3) is 0 Å². The van der Waals surface area contributed by atoms with E-state index < -0.39 is 0 Å². The van der Waals surface area contributed by atoms with Gasteiger partial charge in [-0.1, -0.05) is 27.2 Å². The monoisotopic (exact) mass is 112 g/mol. The van der Waals surface area contributed by atoms with Gasteiger partial charge in [0.15, 0.2) is 0 Å². The topological polar surface area (TPSA) is 0 Å². The van der Waals surface area contributed by atoms with Crippen LogP contribution in [0, 0.1) is 17.8 Å². The Balaban J connectivity index is 2.26. The highest BCUT2D eigenvalue weighted by molar-refractivity contribution is 4.78. The van der Waals surface area contributed by atoms with E-state index in [-0.39, 0.29) is 0 Å². The van der Waals surface area contributed by atoms with Crippen molar-refractivity contribution in [3.63, 3.8) is 0 Å². The molecular formula is C8H16. The van der Waals surface area contributed by atoms with Gasteiger partial charge >= 0.3 is 0 Å². The van der Waals surface area contributed by atoms with Gasteiger partial charge in [-0.3, -0.25) is 0 Å². The van der Waals surface area contributed by atoms with Crippen molar-refractivity contribution in [1.29, 1.82) is 0 Å². The fourth-order valence-corrected chi connectivity index (χ4v) is 1.68. The summed E-state index contributed by atoms with van der Waals surface area (Å²) in [5.41, 5.74) is 0. The molecule has 0 N–H and O–H groups in total. The SMILES string of the molecule is CC(C)C1CC[C@H]1C. The quantitative estimate of drug-likeness (QED) is 0.489. The highest BCUT2D eigenvalue weighted by Crippen LogP contribution is 2.38. The van der Waals surface area contributed by atoms with Gasteiger partial charge in [0.2, 0.25) is 0 Å². The van der Waals surface area contributed by atoms with E-state index in [1.165, 1.54) is 12.8 Å². The molecule has 1 unspecified atom stereocenters. The van der Waals surface area contributed by atoms with Crippen molar-refractivity contribution >= 4 is 0 Å². The molecule has 1 rings (SSSR count). The summed E-state index contributed by atoms with van der Waals surface area (Å²) in [5.74, 6) is 3.00. The van der Waals surface area contributed by atoms with Crippen LogP contribution in [-0.2, 0) is 0 Å². The van der Waals surface area contributed by atoms with Gasteiger partial charge < -0.3 is 0 Å². The highest BCUT2D eigenvalue weighted by atomic mass is 14.3. The second kappa shape index (κ2) is 2.08. The molecule has 0 heteroatoms. The lowest BCUT2D eigenvalue weighted by Crippen LogP contribution is -2.27. The lowest BCUT2D eigenvalue weighted by atomic mass is 9.69. The van der Waals surface area contributed by atoms with E-state index in [1.54, 1.807) is 0 Å². The summed E-state index contributed by atoms with van der Waals surface area (Å²) in [5, 5.41) is 0. The Morgan fingerprint density at radius 1 is 1.25 bits per heavy atom. The van der Waals surface area contributed by atoms with Crippen molar-refractivity contribution in [2.75, 3.05) is 0 Å². The maximum Gasteiger partial charge on any atom is -0.0365 e. The zero-order chi connectivity index (χ0) is 6.15. The van der Waals surface area contributed by atoms with Crippen molar-refractivity contribution in [3.05, 3.63) is 0 Å². The van der Waals surface area contributed by atoms with Crippen LogP contribution in [0.3, 0.4) is 0 Å².